The molecule has 2 rings (SSSR count). The summed E-state index contributed by atoms with van der Waals surface area (Å²) < 4.78 is 38.7. The fourth-order valence-corrected chi connectivity index (χ4v) is 3.18. The van der Waals surface area contributed by atoms with E-state index in [0.717, 1.165) is 6.07 Å². The molecule has 0 spiro atoms. The maximum atomic E-state index is 12.1. The van der Waals surface area contributed by atoms with Crippen LogP contribution >= 0.6 is 0 Å². The van der Waals surface area contributed by atoms with Gasteiger partial charge < -0.3 is 19.1 Å². The lowest BCUT2D eigenvalue weighted by Crippen LogP contribution is -2.34. The smallest absolute Gasteiger partial charge is 0.352 e. The first-order valence-corrected chi connectivity index (χ1v) is 7.80. The number of nitrogens with one attached hydrogen (secondary N) is 1. The van der Waals surface area contributed by atoms with E-state index in [9.17, 15) is 13.2 Å². The molecular formula is C12H18N2O6S. The molecular weight excluding hydrogens is 300 g/mol. The topological polar surface area (TPSA) is 107 Å². The Bertz CT molecular complexity index is 649. The molecule has 1 saturated heterocycles. The van der Waals surface area contributed by atoms with E-state index in [1.54, 1.807) is 13.8 Å². The first kappa shape index (κ1) is 16.0. The Morgan fingerprint density at radius 2 is 2.24 bits per heavy atom. The van der Waals surface area contributed by atoms with Crippen LogP contribution in [-0.4, -0.2) is 49.1 Å². The Morgan fingerprint density at radius 1 is 1.57 bits per heavy atom. The van der Waals surface area contributed by atoms with Crippen LogP contribution in [0.1, 0.15) is 24.3 Å². The summed E-state index contributed by atoms with van der Waals surface area (Å²) in [6.45, 7) is 3.85. The van der Waals surface area contributed by atoms with Gasteiger partial charge in [0.15, 0.2) is 5.79 Å². The molecule has 9 heteroatoms. The van der Waals surface area contributed by atoms with E-state index >= 15 is 0 Å². The van der Waals surface area contributed by atoms with Crippen molar-refractivity contribution in [2.24, 2.45) is 7.05 Å². The molecule has 118 valence electrons. The predicted molar refractivity (Wildman–Crippen MR) is 72.5 cm³/mol. The van der Waals surface area contributed by atoms with Gasteiger partial charge in [0.25, 0.3) is 0 Å². The highest BCUT2D eigenvalue weighted by atomic mass is 32.2. The van der Waals surface area contributed by atoms with Crippen molar-refractivity contribution in [2.75, 3.05) is 13.2 Å². The number of aromatic nitrogens is 1. The van der Waals surface area contributed by atoms with Crippen LogP contribution in [0.2, 0.25) is 0 Å². The van der Waals surface area contributed by atoms with Crippen LogP contribution in [0.5, 0.6) is 0 Å². The van der Waals surface area contributed by atoms with Crippen LogP contribution in [-0.2, 0) is 26.5 Å². The Kier molecular flexibility index (Phi) is 4.11. The molecule has 0 amide bonds. The molecule has 0 saturated carbocycles. The number of hydrogen-bond acceptors (Lipinski definition) is 5. The monoisotopic (exact) mass is 318 g/mol. The summed E-state index contributed by atoms with van der Waals surface area (Å²) in [6.07, 6.45) is 0.874. The zero-order valence-corrected chi connectivity index (χ0v) is 12.8. The van der Waals surface area contributed by atoms with E-state index in [4.69, 9.17) is 14.6 Å². The molecule has 1 fully saturated rings. The SMILES string of the molecule is Cn1cc(S(=O)(=O)NCC2COC(C)(C)O2)cc1C(=O)O. The molecule has 1 atom stereocenters. The maximum absolute atomic E-state index is 12.1. The maximum Gasteiger partial charge on any atom is 0.352 e. The number of carboxylic acid groups (broad SMARTS) is 1. The van der Waals surface area contributed by atoms with Crippen molar-refractivity contribution < 1.29 is 27.8 Å². The van der Waals surface area contributed by atoms with Gasteiger partial charge in [-0.25, -0.2) is 17.9 Å². The first-order valence-electron chi connectivity index (χ1n) is 6.32. The summed E-state index contributed by atoms with van der Waals surface area (Å²) in [5, 5.41) is 8.93. The van der Waals surface area contributed by atoms with E-state index < -0.39 is 21.8 Å². The summed E-state index contributed by atoms with van der Waals surface area (Å²) in [6, 6.07) is 1.11. The molecule has 1 aromatic rings. The second-order valence-electron chi connectivity index (χ2n) is 5.28. The molecule has 2 N–H and O–H groups in total. The van der Waals surface area contributed by atoms with Gasteiger partial charge in [-0.1, -0.05) is 0 Å². The highest BCUT2D eigenvalue weighted by molar-refractivity contribution is 7.89. The number of rotatable bonds is 5. The van der Waals surface area contributed by atoms with Crippen molar-refractivity contribution in [1.29, 1.82) is 0 Å². The lowest BCUT2D eigenvalue weighted by molar-refractivity contribution is -0.137. The summed E-state index contributed by atoms with van der Waals surface area (Å²) >= 11 is 0. The molecule has 1 aromatic heterocycles. The van der Waals surface area contributed by atoms with E-state index in [1.165, 1.54) is 17.8 Å². The van der Waals surface area contributed by atoms with Crippen LogP contribution in [0.4, 0.5) is 0 Å². The Labute approximate surface area is 122 Å². The minimum atomic E-state index is -3.79. The summed E-state index contributed by atoms with van der Waals surface area (Å²) in [7, 11) is -2.32. The first-order chi connectivity index (χ1) is 9.61. The van der Waals surface area contributed by atoms with Crippen molar-refractivity contribution in [3.8, 4) is 0 Å². The average molecular weight is 318 g/mol. The number of carbonyl (C=O) groups is 1. The van der Waals surface area contributed by atoms with Crippen molar-refractivity contribution in [3.05, 3.63) is 18.0 Å². The van der Waals surface area contributed by atoms with E-state index in [-0.39, 0.29) is 23.2 Å². The zero-order valence-electron chi connectivity index (χ0n) is 12.0. The number of aryl methyl sites for hydroxylation is 1. The van der Waals surface area contributed by atoms with Gasteiger partial charge in [-0.15, -0.1) is 0 Å². The molecule has 1 aliphatic heterocycles. The minimum Gasteiger partial charge on any atom is -0.477 e. The predicted octanol–water partition coefficient (Wildman–Crippen LogP) is 0.153. The minimum absolute atomic E-state index is 0.0586. The Morgan fingerprint density at radius 3 is 2.71 bits per heavy atom. The highest BCUT2D eigenvalue weighted by Gasteiger charge is 2.33. The number of nitrogens with zero attached hydrogens (tertiary/aromatic N) is 1. The van der Waals surface area contributed by atoms with Gasteiger partial charge in [0.05, 0.1) is 12.7 Å². The van der Waals surface area contributed by atoms with Gasteiger partial charge in [-0.05, 0) is 19.9 Å². The van der Waals surface area contributed by atoms with Crippen LogP contribution < -0.4 is 4.72 Å². The lowest BCUT2D eigenvalue weighted by Gasteiger charge is -2.17. The fraction of sp³-hybridized carbons (Fsp3) is 0.583. The molecule has 21 heavy (non-hydrogen) atoms. The number of aromatic carboxylic acids is 1. The normalized spacial score (nSPS) is 21.6. The third kappa shape index (κ3) is 3.62. The number of carboxylic acids is 1. The largest absolute Gasteiger partial charge is 0.477 e. The van der Waals surface area contributed by atoms with Crippen molar-refractivity contribution in [3.63, 3.8) is 0 Å². The highest BCUT2D eigenvalue weighted by Crippen LogP contribution is 2.22. The number of ether oxygens (including phenoxy) is 2. The van der Waals surface area contributed by atoms with Crippen LogP contribution in [0.25, 0.3) is 0 Å². The second kappa shape index (κ2) is 5.41. The van der Waals surface area contributed by atoms with Gasteiger partial charge in [-0.2, -0.15) is 0 Å². The molecule has 1 unspecified atom stereocenters. The molecule has 0 radical (unpaired) electrons. The zero-order chi connectivity index (χ0) is 15.8. The van der Waals surface area contributed by atoms with Crippen LogP contribution in [0.15, 0.2) is 17.2 Å². The summed E-state index contributed by atoms with van der Waals surface area (Å²) in [5.74, 6) is -1.91. The van der Waals surface area contributed by atoms with Crippen molar-refractivity contribution >= 4 is 16.0 Å². The summed E-state index contributed by atoms with van der Waals surface area (Å²) in [5.41, 5.74) is -0.100. The number of sulfonamides is 1. The molecule has 8 nitrogen and oxygen atoms in total. The van der Waals surface area contributed by atoms with Gasteiger partial charge in [0.1, 0.15) is 10.6 Å². The standard InChI is InChI=1S/C12H18N2O6S/c1-12(2)19-7-8(20-12)5-13-21(17,18)9-4-10(11(15)16)14(3)6-9/h4,6,8,13H,5,7H2,1-3H3,(H,15,16). The average Bonchev–Trinajstić information content (AvgIpc) is 2.90. The van der Waals surface area contributed by atoms with Crippen LogP contribution in [0, 0.1) is 0 Å². The molecule has 0 bridgehead atoms. The van der Waals surface area contributed by atoms with Gasteiger partial charge in [-0.3, -0.25) is 0 Å². The molecule has 2 heterocycles. The fourth-order valence-electron chi connectivity index (χ4n) is 2.04. The van der Waals surface area contributed by atoms with E-state index in [0.29, 0.717) is 6.61 Å². The van der Waals surface area contributed by atoms with Crippen LogP contribution in [0.3, 0.4) is 0 Å². The lowest BCUT2D eigenvalue weighted by atomic mass is 10.4. The Hall–Kier alpha value is -1.42. The third-order valence-corrected chi connectivity index (χ3v) is 4.47. The molecule has 1 aliphatic rings. The van der Waals surface area contributed by atoms with Crippen molar-refractivity contribution in [1.82, 2.24) is 9.29 Å². The van der Waals surface area contributed by atoms with Crippen molar-refractivity contribution in [2.45, 2.75) is 30.6 Å². The third-order valence-electron chi connectivity index (χ3n) is 3.08. The second-order valence-corrected chi connectivity index (χ2v) is 7.05. The van der Waals surface area contributed by atoms with E-state index in [2.05, 4.69) is 4.72 Å². The molecule has 0 aromatic carbocycles. The summed E-state index contributed by atoms with van der Waals surface area (Å²) in [4.78, 5) is 10.8. The Balaban J connectivity index is 2.05. The van der Waals surface area contributed by atoms with Gasteiger partial charge in [0.2, 0.25) is 10.0 Å². The van der Waals surface area contributed by atoms with E-state index in [1.807, 2.05) is 0 Å². The molecule has 0 aliphatic carbocycles. The van der Waals surface area contributed by atoms with Gasteiger partial charge >= 0.3 is 5.97 Å². The number of hydrogen-bond donors (Lipinski definition) is 2. The quantitative estimate of drug-likeness (QED) is 0.800. The van der Waals surface area contributed by atoms with Gasteiger partial charge in [0, 0.05) is 19.8 Å².